The summed E-state index contributed by atoms with van der Waals surface area (Å²) in [5.41, 5.74) is 3.95. The van der Waals surface area contributed by atoms with Gasteiger partial charge in [-0.3, -0.25) is 14.4 Å². The first-order chi connectivity index (χ1) is 14.0. The van der Waals surface area contributed by atoms with Crippen molar-refractivity contribution >= 4 is 22.7 Å². The van der Waals surface area contributed by atoms with Crippen LogP contribution >= 0.6 is 0 Å². The fourth-order valence-electron chi connectivity index (χ4n) is 4.05. The number of H-pyrrole nitrogens is 1. The predicted molar refractivity (Wildman–Crippen MR) is 113 cm³/mol. The third-order valence-electron chi connectivity index (χ3n) is 5.51. The van der Waals surface area contributed by atoms with E-state index in [9.17, 15) is 14.4 Å². The van der Waals surface area contributed by atoms with E-state index < -0.39 is 6.04 Å². The van der Waals surface area contributed by atoms with Crippen molar-refractivity contribution in [1.29, 1.82) is 0 Å². The molecular formula is C23H23N3O3. The van der Waals surface area contributed by atoms with Gasteiger partial charge in [0.05, 0.1) is 5.52 Å². The molecule has 2 amide bonds. The van der Waals surface area contributed by atoms with Crippen molar-refractivity contribution in [2.45, 2.75) is 25.8 Å². The van der Waals surface area contributed by atoms with Crippen molar-refractivity contribution in [2.75, 3.05) is 13.6 Å². The lowest BCUT2D eigenvalue weighted by Crippen LogP contribution is -2.44. The molecule has 0 unspecified atom stereocenters. The van der Waals surface area contributed by atoms with Crippen molar-refractivity contribution in [3.8, 4) is 11.1 Å². The van der Waals surface area contributed by atoms with Crippen LogP contribution in [0.2, 0.25) is 0 Å². The van der Waals surface area contributed by atoms with Gasteiger partial charge in [0.1, 0.15) is 6.04 Å². The molecular weight excluding hydrogens is 366 g/mol. The number of carbonyl (C=O) groups is 2. The molecule has 2 heterocycles. The number of amides is 2. The first-order valence-electron chi connectivity index (χ1n) is 9.75. The topological polar surface area (TPSA) is 82.3 Å². The van der Waals surface area contributed by atoms with Crippen molar-refractivity contribution in [3.63, 3.8) is 0 Å². The number of rotatable bonds is 3. The molecule has 0 saturated carbocycles. The van der Waals surface area contributed by atoms with Gasteiger partial charge in [-0.15, -0.1) is 0 Å². The highest BCUT2D eigenvalue weighted by molar-refractivity contribution is 5.99. The zero-order chi connectivity index (χ0) is 20.5. The Morgan fingerprint density at radius 1 is 1.14 bits per heavy atom. The van der Waals surface area contributed by atoms with E-state index in [4.69, 9.17) is 0 Å². The minimum atomic E-state index is -0.404. The number of aromatic nitrogens is 1. The monoisotopic (exact) mass is 389 g/mol. The van der Waals surface area contributed by atoms with Crippen LogP contribution in [0.1, 0.15) is 28.9 Å². The van der Waals surface area contributed by atoms with E-state index in [0.29, 0.717) is 23.9 Å². The summed E-state index contributed by atoms with van der Waals surface area (Å²) in [4.78, 5) is 42.2. The third-order valence-corrected chi connectivity index (χ3v) is 5.51. The maximum Gasteiger partial charge on any atom is 0.254 e. The van der Waals surface area contributed by atoms with E-state index in [1.165, 1.54) is 0 Å². The summed E-state index contributed by atoms with van der Waals surface area (Å²) in [6.45, 7) is 2.45. The molecule has 6 nitrogen and oxygen atoms in total. The number of nitrogens with one attached hydrogen (secondary N) is 2. The molecule has 2 N–H and O–H groups in total. The Morgan fingerprint density at radius 2 is 1.90 bits per heavy atom. The van der Waals surface area contributed by atoms with Crippen molar-refractivity contribution in [2.24, 2.45) is 0 Å². The van der Waals surface area contributed by atoms with Crippen LogP contribution < -0.4 is 10.7 Å². The Bertz CT molecular complexity index is 1150. The van der Waals surface area contributed by atoms with Crippen LogP contribution in [-0.4, -0.2) is 41.3 Å². The van der Waals surface area contributed by atoms with Crippen molar-refractivity contribution in [1.82, 2.24) is 15.2 Å². The molecule has 0 radical (unpaired) electrons. The van der Waals surface area contributed by atoms with Gasteiger partial charge in [0.25, 0.3) is 5.91 Å². The molecule has 1 fully saturated rings. The SMILES string of the molecule is CNC(=O)[C@H]1CCCN1C(=O)c1ccc(-c2cccc3c(=O)cc(C)[nH]c23)cc1. The zero-order valence-electron chi connectivity index (χ0n) is 16.5. The highest BCUT2D eigenvalue weighted by atomic mass is 16.2. The second-order valence-corrected chi connectivity index (χ2v) is 7.39. The predicted octanol–water partition coefficient (Wildman–Crippen LogP) is 2.85. The standard InChI is InChI=1S/C23H23N3O3/c1-14-13-20(27)18-6-3-5-17(21(18)25-14)15-8-10-16(11-9-15)23(29)26-12-4-7-19(26)22(28)24-2/h3,5-6,8-11,13,19H,4,7,12H2,1-2H3,(H,24,28)(H,25,27)/t19-/m1/s1. The molecule has 4 rings (SSSR count). The minimum absolute atomic E-state index is 0.0147. The lowest BCUT2D eigenvalue weighted by molar-refractivity contribution is -0.124. The first-order valence-corrected chi connectivity index (χ1v) is 9.75. The van der Waals surface area contributed by atoms with Gasteiger partial charge in [0, 0.05) is 41.9 Å². The van der Waals surface area contributed by atoms with Crippen LogP contribution in [0.4, 0.5) is 0 Å². The van der Waals surface area contributed by atoms with Crippen LogP contribution in [0.5, 0.6) is 0 Å². The van der Waals surface area contributed by atoms with Gasteiger partial charge in [-0.05, 0) is 43.5 Å². The Hall–Kier alpha value is -3.41. The summed E-state index contributed by atoms with van der Waals surface area (Å²) in [7, 11) is 1.59. The number of likely N-dealkylation sites (tertiary alicyclic amines) is 1. The smallest absolute Gasteiger partial charge is 0.254 e. The Kier molecular flexibility index (Phi) is 4.92. The number of hydrogen-bond donors (Lipinski definition) is 2. The fraction of sp³-hybridized carbons (Fsp3) is 0.261. The van der Waals surface area contributed by atoms with Gasteiger partial charge in [0.15, 0.2) is 5.43 Å². The quantitative estimate of drug-likeness (QED) is 0.723. The van der Waals surface area contributed by atoms with E-state index in [2.05, 4.69) is 10.3 Å². The van der Waals surface area contributed by atoms with Crippen molar-refractivity contribution in [3.05, 3.63) is 70.0 Å². The number of fused-ring (bicyclic) bond motifs is 1. The van der Waals surface area contributed by atoms with Crippen LogP contribution in [0.3, 0.4) is 0 Å². The van der Waals surface area contributed by atoms with E-state index in [0.717, 1.165) is 28.8 Å². The van der Waals surface area contributed by atoms with Crippen LogP contribution in [0.25, 0.3) is 22.0 Å². The summed E-state index contributed by atoms with van der Waals surface area (Å²) in [6.07, 6.45) is 1.51. The molecule has 1 aliphatic rings. The van der Waals surface area contributed by atoms with Crippen LogP contribution in [0, 0.1) is 6.92 Å². The van der Waals surface area contributed by atoms with E-state index in [-0.39, 0.29) is 17.2 Å². The van der Waals surface area contributed by atoms with E-state index in [1.54, 1.807) is 36.2 Å². The minimum Gasteiger partial charge on any atom is -0.358 e. The number of nitrogens with zero attached hydrogens (tertiary/aromatic N) is 1. The second-order valence-electron chi connectivity index (χ2n) is 7.39. The number of pyridine rings is 1. The molecule has 3 aromatic rings. The summed E-state index contributed by atoms with van der Waals surface area (Å²) in [6, 6.07) is 14.1. The average molecular weight is 389 g/mol. The molecule has 1 atom stereocenters. The lowest BCUT2D eigenvalue weighted by Gasteiger charge is -2.23. The maximum atomic E-state index is 12.9. The molecule has 0 spiro atoms. The third kappa shape index (κ3) is 3.42. The normalized spacial score (nSPS) is 16.2. The number of likely N-dealkylation sites (N-methyl/N-ethyl adjacent to an activating group) is 1. The maximum absolute atomic E-state index is 12.9. The molecule has 1 saturated heterocycles. The molecule has 6 heteroatoms. The molecule has 1 aliphatic heterocycles. The van der Waals surface area contributed by atoms with Crippen LogP contribution in [0.15, 0.2) is 53.3 Å². The summed E-state index contributed by atoms with van der Waals surface area (Å²) < 4.78 is 0. The number of aryl methyl sites for hydroxylation is 1. The Balaban J connectivity index is 1.67. The summed E-state index contributed by atoms with van der Waals surface area (Å²) >= 11 is 0. The van der Waals surface area contributed by atoms with E-state index in [1.807, 2.05) is 31.2 Å². The van der Waals surface area contributed by atoms with Gasteiger partial charge in [-0.2, -0.15) is 0 Å². The number of para-hydroxylation sites is 1. The fourth-order valence-corrected chi connectivity index (χ4v) is 4.05. The highest BCUT2D eigenvalue weighted by Gasteiger charge is 2.33. The average Bonchev–Trinajstić information content (AvgIpc) is 3.22. The molecule has 0 aliphatic carbocycles. The molecule has 1 aromatic heterocycles. The molecule has 29 heavy (non-hydrogen) atoms. The zero-order valence-corrected chi connectivity index (χ0v) is 16.5. The number of hydrogen-bond acceptors (Lipinski definition) is 3. The van der Waals surface area contributed by atoms with Gasteiger partial charge in [0.2, 0.25) is 5.91 Å². The number of benzene rings is 2. The second kappa shape index (κ2) is 7.54. The molecule has 0 bridgehead atoms. The van der Waals surface area contributed by atoms with Gasteiger partial charge >= 0.3 is 0 Å². The number of carbonyl (C=O) groups excluding carboxylic acids is 2. The highest BCUT2D eigenvalue weighted by Crippen LogP contribution is 2.27. The molecule has 2 aromatic carbocycles. The first kappa shape index (κ1) is 18.9. The Morgan fingerprint density at radius 3 is 2.62 bits per heavy atom. The van der Waals surface area contributed by atoms with E-state index >= 15 is 0 Å². The number of aromatic amines is 1. The van der Waals surface area contributed by atoms with Crippen LogP contribution in [-0.2, 0) is 4.79 Å². The summed E-state index contributed by atoms with van der Waals surface area (Å²) in [5.74, 6) is -0.257. The van der Waals surface area contributed by atoms with Gasteiger partial charge in [-0.1, -0.05) is 24.3 Å². The summed E-state index contributed by atoms with van der Waals surface area (Å²) in [5, 5.41) is 3.28. The van der Waals surface area contributed by atoms with Crippen molar-refractivity contribution < 1.29 is 9.59 Å². The molecule has 148 valence electrons. The van der Waals surface area contributed by atoms with Gasteiger partial charge < -0.3 is 15.2 Å². The largest absolute Gasteiger partial charge is 0.358 e. The Labute approximate surface area is 168 Å². The van der Waals surface area contributed by atoms with Gasteiger partial charge in [-0.25, -0.2) is 0 Å². The lowest BCUT2D eigenvalue weighted by atomic mass is 10.00.